The predicted octanol–water partition coefficient (Wildman–Crippen LogP) is 3.23. The lowest BCUT2D eigenvalue weighted by Gasteiger charge is -2.13. The molecular formula is C13H13N3O4S. The Kier molecular flexibility index (Phi) is 4.18. The number of carboxylic acid groups (broad SMARTS) is 1. The minimum Gasteiger partial charge on any atom is -0.478 e. The van der Waals surface area contributed by atoms with Crippen molar-refractivity contribution in [1.29, 1.82) is 0 Å². The van der Waals surface area contributed by atoms with E-state index in [2.05, 4.69) is 10.3 Å². The van der Waals surface area contributed by atoms with E-state index in [4.69, 9.17) is 5.11 Å². The summed E-state index contributed by atoms with van der Waals surface area (Å²) in [4.78, 5) is 25.8. The Balaban J connectivity index is 2.34. The van der Waals surface area contributed by atoms with E-state index in [1.807, 2.05) is 19.2 Å². The normalized spacial score (nSPS) is 11.9. The molecule has 0 aliphatic heterocycles. The van der Waals surface area contributed by atoms with Gasteiger partial charge in [-0.25, -0.2) is 9.78 Å². The first kappa shape index (κ1) is 14.9. The summed E-state index contributed by atoms with van der Waals surface area (Å²) in [6, 6.07) is 3.40. The molecule has 110 valence electrons. The summed E-state index contributed by atoms with van der Waals surface area (Å²) in [5.74, 6) is -1.13. The molecule has 1 aromatic carbocycles. The van der Waals surface area contributed by atoms with Gasteiger partial charge in [0.05, 0.1) is 16.5 Å². The van der Waals surface area contributed by atoms with Gasteiger partial charge in [-0.1, -0.05) is 0 Å². The molecule has 7 nitrogen and oxygen atoms in total. The highest BCUT2D eigenvalue weighted by molar-refractivity contribution is 7.09. The second-order valence-electron chi connectivity index (χ2n) is 4.49. The van der Waals surface area contributed by atoms with Crippen LogP contribution in [0.4, 0.5) is 11.4 Å². The Morgan fingerprint density at radius 3 is 2.76 bits per heavy atom. The van der Waals surface area contributed by atoms with E-state index >= 15 is 0 Å². The van der Waals surface area contributed by atoms with Gasteiger partial charge in [0.2, 0.25) is 0 Å². The van der Waals surface area contributed by atoms with E-state index < -0.39 is 10.9 Å². The number of hydrogen-bond acceptors (Lipinski definition) is 6. The van der Waals surface area contributed by atoms with Crippen molar-refractivity contribution >= 4 is 28.7 Å². The summed E-state index contributed by atoms with van der Waals surface area (Å²) < 4.78 is 0. The fourth-order valence-electron chi connectivity index (χ4n) is 1.81. The van der Waals surface area contributed by atoms with Gasteiger partial charge in [-0.3, -0.25) is 10.1 Å². The first-order valence-electron chi connectivity index (χ1n) is 6.08. The number of carboxylic acids is 1. The summed E-state index contributed by atoms with van der Waals surface area (Å²) in [6.45, 7) is 3.68. The summed E-state index contributed by atoms with van der Waals surface area (Å²) in [7, 11) is 0. The molecule has 2 aromatic rings. The van der Waals surface area contributed by atoms with Crippen molar-refractivity contribution in [2.24, 2.45) is 0 Å². The minimum atomic E-state index is -1.13. The van der Waals surface area contributed by atoms with Crippen LogP contribution < -0.4 is 5.32 Å². The molecule has 8 heteroatoms. The fourth-order valence-corrected chi connectivity index (χ4v) is 2.61. The number of anilines is 1. The van der Waals surface area contributed by atoms with E-state index in [-0.39, 0.29) is 23.0 Å². The molecule has 0 radical (unpaired) electrons. The van der Waals surface area contributed by atoms with Gasteiger partial charge in [-0.05, 0) is 26.0 Å². The van der Waals surface area contributed by atoms with Crippen LogP contribution in [0.3, 0.4) is 0 Å². The highest BCUT2D eigenvalue weighted by Gasteiger charge is 2.19. The van der Waals surface area contributed by atoms with E-state index in [0.29, 0.717) is 0 Å². The van der Waals surface area contributed by atoms with Crippen molar-refractivity contribution in [3.63, 3.8) is 0 Å². The molecule has 1 unspecified atom stereocenters. The van der Waals surface area contributed by atoms with E-state index in [9.17, 15) is 14.9 Å². The van der Waals surface area contributed by atoms with Gasteiger partial charge < -0.3 is 10.4 Å². The quantitative estimate of drug-likeness (QED) is 0.649. The van der Waals surface area contributed by atoms with Gasteiger partial charge in [0.25, 0.3) is 5.69 Å². The molecule has 21 heavy (non-hydrogen) atoms. The van der Waals surface area contributed by atoms with Gasteiger partial charge in [-0.2, -0.15) is 0 Å². The van der Waals surface area contributed by atoms with Crippen molar-refractivity contribution in [2.45, 2.75) is 19.9 Å². The number of nitrogens with one attached hydrogen (secondary N) is 1. The zero-order valence-corrected chi connectivity index (χ0v) is 12.2. The number of aromatic nitrogens is 1. The van der Waals surface area contributed by atoms with Gasteiger partial charge in [0, 0.05) is 17.1 Å². The number of thiazole rings is 1. The fraction of sp³-hybridized carbons (Fsp3) is 0.231. The number of benzene rings is 1. The van der Waals surface area contributed by atoms with Crippen LogP contribution in [-0.2, 0) is 0 Å². The maximum Gasteiger partial charge on any atom is 0.335 e. The van der Waals surface area contributed by atoms with Crippen molar-refractivity contribution in [3.05, 3.63) is 50.0 Å². The summed E-state index contributed by atoms with van der Waals surface area (Å²) in [6.07, 6.45) is 0. The van der Waals surface area contributed by atoms with E-state index in [1.165, 1.54) is 29.5 Å². The molecule has 0 fully saturated rings. The summed E-state index contributed by atoms with van der Waals surface area (Å²) in [5.41, 5.74) is 0.864. The number of nitro benzene ring substituents is 1. The highest BCUT2D eigenvalue weighted by Crippen LogP contribution is 2.30. The molecule has 1 aromatic heterocycles. The van der Waals surface area contributed by atoms with Crippen LogP contribution in [0, 0.1) is 17.0 Å². The maximum atomic E-state index is 11.0. The first-order chi connectivity index (χ1) is 9.88. The Morgan fingerprint density at radius 2 is 2.24 bits per heavy atom. The molecular weight excluding hydrogens is 294 g/mol. The monoisotopic (exact) mass is 307 g/mol. The van der Waals surface area contributed by atoms with E-state index in [1.54, 1.807) is 0 Å². The Labute approximate surface area is 124 Å². The second-order valence-corrected chi connectivity index (χ2v) is 5.38. The molecule has 0 spiro atoms. The predicted molar refractivity (Wildman–Crippen MR) is 78.9 cm³/mol. The molecule has 2 rings (SSSR count). The number of hydrogen-bond donors (Lipinski definition) is 2. The number of nitrogens with zero attached hydrogens (tertiary/aromatic N) is 2. The summed E-state index contributed by atoms with van der Waals surface area (Å²) >= 11 is 1.44. The zero-order valence-electron chi connectivity index (χ0n) is 11.4. The van der Waals surface area contributed by atoms with Gasteiger partial charge in [-0.15, -0.1) is 11.3 Å². The second kappa shape index (κ2) is 5.88. The number of aryl methyl sites for hydroxylation is 1. The molecule has 0 amide bonds. The van der Waals surface area contributed by atoms with Crippen LogP contribution >= 0.6 is 11.3 Å². The average molecular weight is 307 g/mol. The summed E-state index contributed by atoms with van der Waals surface area (Å²) in [5, 5.41) is 25.6. The number of carbonyl (C=O) groups is 1. The lowest BCUT2D eigenvalue weighted by Crippen LogP contribution is -2.09. The van der Waals surface area contributed by atoms with Crippen LogP contribution in [0.5, 0.6) is 0 Å². The molecule has 2 N–H and O–H groups in total. The van der Waals surface area contributed by atoms with Crippen LogP contribution in [0.25, 0.3) is 0 Å². The third-order valence-corrected chi connectivity index (χ3v) is 3.96. The SMILES string of the molecule is Cc1csc(C(C)Nc2cc(C(=O)O)ccc2[N+](=O)[O-])n1. The molecule has 1 heterocycles. The molecule has 0 bridgehead atoms. The minimum absolute atomic E-state index is 0.00869. The smallest absolute Gasteiger partial charge is 0.335 e. The molecule has 0 aliphatic rings. The van der Waals surface area contributed by atoms with Crippen molar-refractivity contribution in [1.82, 2.24) is 4.98 Å². The third-order valence-electron chi connectivity index (χ3n) is 2.82. The topological polar surface area (TPSA) is 105 Å². The van der Waals surface area contributed by atoms with Gasteiger partial charge >= 0.3 is 5.97 Å². The van der Waals surface area contributed by atoms with Crippen LogP contribution in [-0.4, -0.2) is 21.0 Å². The van der Waals surface area contributed by atoms with Gasteiger partial charge in [0.1, 0.15) is 10.7 Å². The Bertz CT molecular complexity index is 698. The number of aromatic carboxylic acids is 1. The van der Waals surface area contributed by atoms with Gasteiger partial charge in [0.15, 0.2) is 0 Å². The van der Waals surface area contributed by atoms with Crippen molar-refractivity contribution < 1.29 is 14.8 Å². The molecule has 0 aliphatic carbocycles. The third kappa shape index (κ3) is 3.34. The van der Waals surface area contributed by atoms with Crippen LogP contribution in [0.15, 0.2) is 23.6 Å². The van der Waals surface area contributed by atoms with Crippen molar-refractivity contribution in [3.8, 4) is 0 Å². The largest absolute Gasteiger partial charge is 0.478 e. The van der Waals surface area contributed by atoms with E-state index in [0.717, 1.165) is 10.7 Å². The molecule has 0 saturated carbocycles. The lowest BCUT2D eigenvalue weighted by molar-refractivity contribution is -0.384. The standard InChI is InChI=1S/C13H13N3O4S/c1-7-6-21-12(14-7)8(2)15-10-5-9(13(17)18)3-4-11(10)16(19)20/h3-6,8,15H,1-2H3,(H,17,18). The highest BCUT2D eigenvalue weighted by atomic mass is 32.1. The average Bonchev–Trinajstić information content (AvgIpc) is 2.85. The lowest BCUT2D eigenvalue weighted by atomic mass is 10.1. The zero-order chi connectivity index (χ0) is 15.6. The molecule has 1 atom stereocenters. The Hall–Kier alpha value is -2.48. The van der Waals surface area contributed by atoms with Crippen LogP contribution in [0.1, 0.15) is 34.0 Å². The molecule has 0 saturated heterocycles. The van der Waals surface area contributed by atoms with Crippen molar-refractivity contribution in [2.75, 3.05) is 5.32 Å². The maximum absolute atomic E-state index is 11.0. The first-order valence-corrected chi connectivity index (χ1v) is 6.96. The number of rotatable bonds is 5. The van der Waals surface area contributed by atoms with Crippen LogP contribution in [0.2, 0.25) is 0 Å². The Morgan fingerprint density at radius 1 is 1.52 bits per heavy atom. The number of nitro groups is 1.